The fraction of sp³-hybridized carbons (Fsp3) is 0.529. The summed E-state index contributed by atoms with van der Waals surface area (Å²) in [5.41, 5.74) is 0.772. The Morgan fingerprint density at radius 2 is 1.91 bits per heavy atom. The molecule has 5 nitrogen and oxygen atoms in total. The van der Waals surface area contributed by atoms with Crippen molar-refractivity contribution in [2.24, 2.45) is 0 Å². The number of rotatable bonds is 5. The molecule has 1 aliphatic rings. The molecule has 0 spiro atoms. The van der Waals surface area contributed by atoms with E-state index in [1.807, 2.05) is 37.3 Å². The van der Waals surface area contributed by atoms with Gasteiger partial charge in [-0.15, -0.1) is 0 Å². The quantitative estimate of drug-likeness (QED) is 0.907. The Bertz CT molecular complexity index is 730. The van der Waals surface area contributed by atoms with Gasteiger partial charge >= 0.3 is 0 Å². The number of nitrogens with zero attached hydrogens (tertiary/aromatic N) is 1. The summed E-state index contributed by atoms with van der Waals surface area (Å²) in [6.07, 6.45) is 5.29. The lowest BCUT2D eigenvalue weighted by Crippen LogP contribution is -2.45. The number of fused-ring (bicyclic) bond motifs is 1. The van der Waals surface area contributed by atoms with Gasteiger partial charge in [0.15, 0.2) is 0 Å². The molecule has 1 fully saturated rings. The van der Waals surface area contributed by atoms with Gasteiger partial charge in [-0.2, -0.15) is 17.4 Å². The maximum atomic E-state index is 12.6. The molecule has 1 heterocycles. The van der Waals surface area contributed by atoms with Crippen molar-refractivity contribution in [3.8, 4) is 0 Å². The van der Waals surface area contributed by atoms with E-state index in [1.54, 1.807) is 7.05 Å². The molecule has 1 N–H and O–H groups in total. The molecule has 0 radical (unpaired) electrons. The number of hydrogen-bond donors (Lipinski definition) is 1. The number of para-hydroxylation sites is 1. The first-order valence-electron chi connectivity index (χ1n) is 8.21. The topological polar surface area (TPSA) is 62.6 Å². The first kappa shape index (κ1) is 16.5. The fourth-order valence-electron chi connectivity index (χ4n) is 3.22. The van der Waals surface area contributed by atoms with E-state index in [4.69, 9.17) is 4.42 Å². The molecular weight excluding hydrogens is 312 g/mol. The summed E-state index contributed by atoms with van der Waals surface area (Å²) in [4.78, 5) is 0. The molecular formula is C17H24N2O3S. The van der Waals surface area contributed by atoms with Crippen LogP contribution in [0.3, 0.4) is 0 Å². The highest BCUT2D eigenvalue weighted by atomic mass is 32.2. The number of hydrogen-bond acceptors (Lipinski definition) is 3. The Morgan fingerprint density at radius 1 is 1.22 bits per heavy atom. The van der Waals surface area contributed by atoms with E-state index in [9.17, 15) is 8.42 Å². The predicted molar refractivity (Wildman–Crippen MR) is 91.3 cm³/mol. The highest BCUT2D eigenvalue weighted by Crippen LogP contribution is 2.26. The standard InChI is InChI=1S/C17H24N2O3S/c1-13(17-12-14-8-6-7-11-16(14)22-17)18-23(20,21)19(2)15-9-4-3-5-10-15/h6-8,11-13,15,18H,3-5,9-10H2,1-2H3/t13-/m1/s1. The number of benzene rings is 1. The SMILES string of the molecule is C[C@@H](NS(=O)(=O)N(C)C1CCCCC1)c1cc2ccccc2o1. The predicted octanol–water partition coefficient (Wildman–Crippen LogP) is 3.59. The zero-order valence-corrected chi connectivity index (χ0v) is 14.5. The monoisotopic (exact) mass is 336 g/mol. The summed E-state index contributed by atoms with van der Waals surface area (Å²) in [6, 6.07) is 9.27. The van der Waals surface area contributed by atoms with E-state index in [0.29, 0.717) is 5.76 Å². The Kier molecular flexibility index (Phi) is 4.75. The zero-order valence-electron chi connectivity index (χ0n) is 13.7. The minimum atomic E-state index is -3.52. The van der Waals surface area contributed by atoms with E-state index < -0.39 is 16.3 Å². The van der Waals surface area contributed by atoms with Gasteiger partial charge in [-0.25, -0.2) is 0 Å². The summed E-state index contributed by atoms with van der Waals surface area (Å²) < 4.78 is 35.2. The Labute approximate surface area is 137 Å². The van der Waals surface area contributed by atoms with E-state index in [2.05, 4.69) is 4.72 Å². The van der Waals surface area contributed by atoms with Crippen LogP contribution in [0.4, 0.5) is 0 Å². The second kappa shape index (κ2) is 6.63. The molecule has 3 rings (SSSR count). The molecule has 2 aromatic rings. The summed E-state index contributed by atoms with van der Waals surface area (Å²) in [7, 11) is -1.85. The summed E-state index contributed by atoms with van der Waals surface area (Å²) in [6.45, 7) is 1.81. The third kappa shape index (κ3) is 3.59. The molecule has 1 aromatic heterocycles. The number of furan rings is 1. The second-order valence-electron chi connectivity index (χ2n) is 6.34. The molecule has 6 heteroatoms. The van der Waals surface area contributed by atoms with Crippen molar-refractivity contribution in [2.45, 2.75) is 51.1 Å². The molecule has 1 aliphatic carbocycles. The van der Waals surface area contributed by atoms with Crippen LogP contribution in [-0.4, -0.2) is 25.8 Å². The van der Waals surface area contributed by atoms with Gasteiger partial charge < -0.3 is 4.42 Å². The van der Waals surface area contributed by atoms with Gasteiger partial charge in [-0.1, -0.05) is 37.5 Å². The third-order valence-electron chi connectivity index (χ3n) is 4.67. The van der Waals surface area contributed by atoms with Gasteiger partial charge in [0.1, 0.15) is 11.3 Å². The first-order valence-corrected chi connectivity index (χ1v) is 9.65. The van der Waals surface area contributed by atoms with Crippen molar-refractivity contribution in [1.82, 2.24) is 9.03 Å². The zero-order chi connectivity index (χ0) is 16.4. The van der Waals surface area contributed by atoms with Crippen molar-refractivity contribution in [2.75, 3.05) is 7.05 Å². The van der Waals surface area contributed by atoms with Crippen LogP contribution >= 0.6 is 0 Å². The molecule has 0 aliphatic heterocycles. The molecule has 1 atom stereocenters. The lowest BCUT2D eigenvalue weighted by Gasteiger charge is -2.31. The molecule has 23 heavy (non-hydrogen) atoms. The Balaban J connectivity index is 1.73. The Hall–Kier alpha value is -1.37. The maximum absolute atomic E-state index is 12.6. The van der Waals surface area contributed by atoms with Crippen LogP contribution in [0.5, 0.6) is 0 Å². The minimum Gasteiger partial charge on any atom is -0.459 e. The summed E-state index contributed by atoms with van der Waals surface area (Å²) in [5, 5.41) is 0.981. The maximum Gasteiger partial charge on any atom is 0.280 e. The van der Waals surface area contributed by atoms with Crippen LogP contribution in [0.25, 0.3) is 11.0 Å². The average molecular weight is 336 g/mol. The van der Waals surface area contributed by atoms with E-state index in [-0.39, 0.29) is 6.04 Å². The normalized spacial score (nSPS) is 18.6. The van der Waals surface area contributed by atoms with Crippen molar-refractivity contribution in [3.05, 3.63) is 36.1 Å². The first-order chi connectivity index (χ1) is 11.0. The van der Waals surface area contributed by atoms with Gasteiger partial charge in [-0.3, -0.25) is 0 Å². The Morgan fingerprint density at radius 3 is 2.61 bits per heavy atom. The van der Waals surface area contributed by atoms with Crippen LogP contribution in [-0.2, 0) is 10.2 Å². The smallest absolute Gasteiger partial charge is 0.280 e. The molecule has 126 valence electrons. The lowest BCUT2D eigenvalue weighted by molar-refractivity contribution is 0.281. The van der Waals surface area contributed by atoms with E-state index in [1.165, 1.54) is 10.7 Å². The molecule has 0 bridgehead atoms. The molecule has 0 unspecified atom stereocenters. The van der Waals surface area contributed by atoms with Crippen LogP contribution in [0.1, 0.15) is 50.8 Å². The van der Waals surface area contributed by atoms with Crippen molar-refractivity contribution >= 4 is 21.2 Å². The molecule has 0 amide bonds. The van der Waals surface area contributed by atoms with Crippen LogP contribution < -0.4 is 4.72 Å². The van der Waals surface area contributed by atoms with E-state index >= 15 is 0 Å². The fourth-order valence-corrected chi connectivity index (χ4v) is 4.55. The highest BCUT2D eigenvalue weighted by molar-refractivity contribution is 7.87. The van der Waals surface area contributed by atoms with Gasteiger partial charge in [0.05, 0.1) is 6.04 Å². The van der Waals surface area contributed by atoms with Crippen LogP contribution in [0, 0.1) is 0 Å². The van der Waals surface area contributed by atoms with Crippen LogP contribution in [0.2, 0.25) is 0 Å². The van der Waals surface area contributed by atoms with Gasteiger partial charge in [0, 0.05) is 18.5 Å². The molecule has 1 aromatic carbocycles. The van der Waals surface area contributed by atoms with Gasteiger partial charge in [0.25, 0.3) is 10.2 Å². The van der Waals surface area contributed by atoms with Crippen molar-refractivity contribution in [3.63, 3.8) is 0 Å². The van der Waals surface area contributed by atoms with Crippen molar-refractivity contribution < 1.29 is 12.8 Å². The molecule has 0 saturated heterocycles. The summed E-state index contributed by atoms with van der Waals surface area (Å²) in [5.74, 6) is 0.631. The largest absolute Gasteiger partial charge is 0.459 e. The average Bonchev–Trinajstić information content (AvgIpc) is 2.99. The van der Waals surface area contributed by atoms with Crippen molar-refractivity contribution in [1.29, 1.82) is 0 Å². The number of nitrogens with one attached hydrogen (secondary N) is 1. The van der Waals surface area contributed by atoms with Crippen LogP contribution in [0.15, 0.2) is 34.7 Å². The molecule has 1 saturated carbocycles. The summed E-state index contributed by atoms with van der Waals surface area (Å²) >= 11 is 0. The van der Waals surface area contributed by atoms with Gasteiger partial charge in [0.2, 0.25) is 0 Å². The van der Waals surface area contributed by atoms with E-state index in [0.717, 1.165) is 36.7 Å². The lowest BCUT2D eigenvalue weighted by atomic mass is 9.96. The second-order valence-corrected chi connectivity index (χ2v) is 8.10. The highest BCUT2D eigenvalue weighted by Gasteiger charge is 2.29. The minimum absolute atomic E-state index is 0.101. The van der Waals surface area contributed by atoms with Gasteiger partial charge in [-0.05, 0) is 31.9 Å². The third-order valence-corrected chi connectivity index (χ3v) is 6.37.